The van der Waals surface area contributed by atoms with Crippen molar-refractivity contribution in [2.24, 2.45) is 0 Å². The summed E-state index contributed by atoms with van der Waals surface area (Å²) in [5, 5.41) is 10.6. The fourth-order valence-corrected chi connectivity index (χ4v) is 3.01. The summed E-state index contributed by atoms with van der Waals surface area (Å²) in [5.41, 5.74) is 0.420. The van der Waals surface area contributed by atoms with E-state index in [1.165, 1.54) is 0 Å². The largest absolute Gasteiger partial charge is 0.496 e. The van der Waals surface area contributed by atoms with Crippen LogP contribution in [0.5, 0.6) is 17.2 Å². The molecule has 28 heavy (non-hydrogen) atoms. The minimum absolute atomic E-state index is 0. The van der Waals surface area contributed by atoms with Crippen molar-refractivity contribution in [1.29, 1.82) is 0 Å². The molecule has 1 amide bonds. The van der Waals surface area contributed by atoms with Crippen LogP contribution in [0.25, 0.3) is 0 Å². The van der Waals surface area contributed by atoms with Gasteiger partial charge in [0.25, 0.3) is 5.91 Å². The number of benzene rings is 1. The summed E-state index contributed by atoms with van der Waals surface area (Å²) in [7, 11) is 3.17. The Hall–Kier alpha value is -2.45. The molecular weight excluding hydrogens is 384 g/mol. The molecule has 154 valence electrons. The lowest BCUT2D eigenvalue weighted by Gasteiger charge is -2.22. The van der Waals surface area contributed by atoms with E-state index in [0.717, 1.165) is 25.9 Å². The van der Waals surface area contributed by atoms with Crippen LogP contribution in [-0.2, 0) is 0 Å². The van der Waals surface area contributed by atoms with Gasteiger partial charge in [-0.1, -0.05) is 0 Å². The van der Waals surface area contributed by atoms with Crippen LogP contribution < -0.4 is 24.8 Å². The molecule has 8 nitrogen and oxygen atoms in total. The highest BCUT2D eigenvalue weighted by atomic mass is 35.5. The molecule has 0 radical (unpaired) electrons. The van der Waals surface area contributed by atoms with Gasteiger partial charge in [-0.05, 0) is 25.5 Å². The van der Waals surface area contributed by atoms with Crippen LogP contribution >= 0.6 is 12.4 Å². The fraction of sp³-hybridized carbons (Fsp3) is 0.474. The molecule has 1 unspecified atom stereocenters. The Morgan fingerprint density at radius 1 is 1.25 bits per heavy atom. The summed E-state index contributed by atoms with van der Waals surface area (Å²) in [6.07, 6.45) is 4.07. The summed E-state index contributed by atoms with van der Waals surface area (Å²) >= 11 is 0. The van der Waals surface area contributed by atoms with Crippen molar-refractivity contribution in [3.8, 4) is 17.2 Å². The third-order valence-corrected chi connectivity index (χ3v) is 4.47. The molecule has 0 spiro atoms. The molecule has 0 saturated carbocycles. The van der Waals surface area contributed by atoms with Gasteiger partial charge in [-0.2, -0.15) is 5.10 Å². The Morgan fingerprint density at radius 3 is 2.61 bits per heavy atom. The van der Waals surface area contributed by atoms with Crippen molar-refractivity contribution in [3.63, 3.8) is 0 Å². The maximum Gasteiger partial charge on any atom is 0.271 e. The number of methoxy groups -OCH3 is 2. The van der Waals surface area contributed by atoms with Gasteiger partial charge >= 0.3 is 0 Å². The van der Waals surface area contributed by atoms with Crippen molar-refractivity contribution in [1.82, 2.24) is 20.4 Å². The van der Waals surface area contributed by atoms with Crippen LogP contribution in [0.4, 0.5) is 0 Å². The van der Waals surface area contributed by atoms with Crippen LogP contribution in [0.3, 0.4) is 0 Å². The number of piperidine rings is 1. The number of ether oxygens (including phenoxy) is 3. The molecule has 9 heteroatoms. The SMILES string of the molecule is COc1cc(OC)cc(OCCNC(=O)c2ccn(C3CCCNC3)n2)c1.Cl. The van der Waals surface area contributed by atoms with E-state index in [-0.39, 0.29) is 18.3 Å². The zero-order valence-electron chi connectivity index (χ0n) is 16.1. The highest BCUT2D eigenvalue weighted by molar-refractivity contribution is 5.92. The Kier molecular flexibility index (Phi) is 8.41. The van der Waals surface area contributed by atoms with Crippen LogP contribution in [-0.4, -0.2) is 56.1 Å². The highest BCUT2D eigenvalue weighted by Gasteiger charge is 2.17. The smallest absolute Gasteiger partial charge is 0.271 e. The Balaban J connectivity index is 0.00000280. The maximum absolute atomic E-state index is 12.3. The summed E-state index contributed by atoms with van der Waals surface area (Å²) in [6, 6.07) is 7.37. The quantitative estimate of drug-likeness (QED) is 0.648. The third-order valence-electron chi connectivity index (χ3n) is 4.47. The van der Waals surface area contributed by atoms with Gasteiger partial charge in [-0.15, -0.1) is 12.4 Å². The van der Waals surface area contributed by atoms with Crippen LogP contribution in [0.2, 0.25) is 0 Å². The molecule has 1 aromatic heterocycles. The molecule has 2 N–H and O–H groups in total. The van der Waals surface area contributed by atoms with E-state index in [0.29, 0.717) is 42.1 Å². The lowest BCUT2D eigenvalue weighted by molar-refractivity contribution is 0.0940. The number of aromatic nitrogens is 2. The number of carbonyl (C=O) groups is 1. The van der Waals surface area contributed by atoms with E-state index in [4.69, 9.17) is 14.2 Å². The third kappa shape index (κ3) is 5.77. The molecule has 3 rings (SSSR count). The van der Waals surface area contributed by atoms with E-state index in [2.05, 4.69) is 15.7 Å². The van der Waals surface area contributed by atoms with Crippen molar-refractivity contribution in [2.45, 2.75) is 18.9 Å². The summed E-state index contributed by atoms with van der Waals surface area (Å²) in [4.78, 5) is 12.3. The van der Waals surface area contributed by atoms with E-state index < -0.39 is 0 Å². The van der Waals surface area contributed by atoms with Crippen LogP contribution in [0.15, 0.2) is 30.5 Å². The van der Waals surface area contributed by atoms with Gasteiger partial charge in [0.2, 0.25) is 0 Å². The van der Waals surface area contributed by atoms with Gasteiger partial charge in [-0.25, -0.2) is 0 Å². The highest BCUT2D eigenvalue weighted by Crippen LogP contribution is 2.27. The first-order chi connectivity index (χ1) is 13.2. The van der Waals surface area contributed by atoms with Gasteiger partial charge in [0.15, 0.2) is 0 Å². The molecule has 2 aromatic rings. The molecule has 1 fully saturated rings. The summed E-state index contributed by atoms with van der Waals surface area (Å²) in [6.45, 7) is 2.64. The first-order valence-electron chi connectivity index (χ1n) is 9.09. The van der Waals surface area contributed by atoms with Gasteiger partial charge in [0.05, 0.1) is 26.8 Å². The minimum atomic E-state index is -0.204. The topological polar surface area (TPSA) is 86.6 Å². The van der Waals surface area contributed by atoms with E-state index >= 15 is 0 Å². The van der Waals surface area contributed by atoms with Crippen molar-refractivity contribution in [2.75, 3.05) is 40.5 Å². The van der Waals surface area contributed by atoms with Crippen molar-refractivity contribution >= 4 is 18.3 Å². The molecule has 1 atom stereocenters. The number of hydrogen-bond donors (Lipinski definition) is 2. The first kappa shape index (κ1) is 21.8. The Morgan fingerprint density at radius 2 is 1.96 bits per heavy atom. The minimum Gasteiger partial charge on any atom is -0.496 e. The van der Waals surface area contributed by atoms with E-state index in [9.17, 15) is 4.79 Å². The average molecular weight is 411 g/mol. The van der Waals surface area contributed by atoms with Gasteiger partial charge in [0.1, 0.15) is 29.5 Å². The second-order valence-corrected chi connectivity index (χ2v) is 6.33. The number of hydrogen-bond acceptors (Lipinski definition) is 6. The van der Waals surface area contributed by atoms with Crippen molar-refractivity contribution < 1.29 is 19.0 Å². The fourth-order valence-electron chi connectivity index (χ4n) is 3.01. The Bertz CT molecular complexity index is 740. The van der Waals surface area contributed by atoms with E-state index in [1.807, 2.05) is 10.9 Å². The van der Waals surface area contributed by atoms with Crippen LogP contribution in [0.1, 0.15) is 29.4 Å². The second kappa shape index (κ2) is 10.8. The van der Waals surface area contributed by atoms with Crippen LogP contribution in [0, 0.1) is 0 Å². The standard InChI is InChI=1S/C19H26N4O4.ClH/c1-25-15-10-16(26-2)12-17(11-15)27-9-7-21-19(24)18-5-8-23(22-18)14-4-3-6-20-13-14;/h5,8,10-12,14,20H,3-4,6-7,9,13H2,1-2H3,(H,21,24);1H. The number of nitrogens with zero attached hydrogens (tertiary/aromatic N) is 2. The number of rotatable bonds is 8. The first-order valence-corrected chi connectivity index (χ1v) is 9.09. The lowest BCUT2D eigenvalue weighted by Crippen LogP contribution is -2.32. The molecule has 1 aliphatic rings. The van der Waals surface area contributed by atoms with Gasteiger partial charge in [-0.3, -0.25) is 9.48 Å². The number of nitrogens with one attached hydrogen (secondary N) is 2. The van der Waals surface area contributed by atoms with Gasteiger partial charge < -0.3 is 24.8 Å². The monoisotopic (exact) mass is 410 g/mol. The Labute approximate surface area is 170 Å². The average Bonchev–Trinajstić information content (AvgIpc) is 3.22. The molecule has 1 saturated heterocycles. The molecule has 1 aromatic carbocycles. The number of carbonyl (C=O) groups excluding carboxylic acids is 1. The van der Waals surface area contributed by atoms with Gasteiger partial charge in [0, 0.05) is 30.9 Å². The predicted molar refractivity (Wildman–Crippen MR) is 108 cm³/mol. The number of halogens is 1. The molecule has 1 aliphatic heterocycles. The predicted octanol–water partition coefficient (Wildman–Crippen LogP) is 2.06. The number of amides is 1. The zero-order chi connectivity index (χ0) is 19.1. The van der Waals surface area contributed by atoms with E-state index in [1.54, 1.807) is 38.5 Å². The second-order valence-electron chi connectivity index (χ2n) is 6.33. The molecular formula is C19H27ClN4O4. The molecule has 2 heterocycles. The maximum atomic E-state index is 12.3. The normalized spacial score (nSPS) is 16.0. The molecule has 0 aliphatic carbocycles. The van der Waals surface area contributed by atoms with Crippen molar-refractivity contribution in [3.05, 3.63) is 36.2 Å². The zero-order valence-corrected chi connectivity index (χ0v) is 17.0. The lowest BCUT2D eigenvalue weighted by atomic mass is 10.1. The summed E-state index contributed by atoms with van der Waals surface area (Å²) in [5.74, 6) is 1.71. The summed E-state index contributed by atoms with van der Waals surface area (Å²) < 4.78 is 18.0. The molecule has 0 bridgehead atoms.